The lowest BCUT2D eigenvalue weighted by atomic mass is 10.1. The number of benzene rings is 1. The molecule has 0 fully saturated rings. The highest BCUT2D eigenvalue weighted by Gasteiger charge is 2.31. The van der Waals surface area contributed by atoms with Crippen LogP contribution in [0.4, 0.5) is 23.2 Å². The average Bonchev–Trinajstić information content (AvgIpc) is 2.77. The molecule has 0 aliphatic rings. The lowest BCUT2D eigenvalue weighted by Gasteiger charge is -2.15. The van der Waals surface area contributed by atoms with Crippen LogP contribution in [0.15, 0.2) is 34.7 Å². The Bertz CT molecular complexity index is 603. The average molecular weight is 287 g/mol. The maximum absolute atomic E-state index is 13.7. The Kier molecular flexibility index (Phi) is 3.74. The molecule has 2 aromatic rings. The Morgan fingerprint density at radius 1 is 1.15 bits per heavy atom. The van der Waals surface area contributed by atoms with E-state index in [4.69, 9.17) is 4.42 Å². The monoisotopic (exact) mass is 287 g/mol. The summed E-state index contributed by atoms with van der Waals surface area (Å²) in [5, 5.41) is 2.78. The van der Waals surface area contributed by atoms with E-state index in [0.717, 1.165) is 12.1 Å². The van der Waals surface area contributed by atoms with E-state index in [1.165, 1.54) is 0 Å². The predicted octanol–water partition coefficient (Wildman–Crippen LogP) is 4.92. The highest BCUT2D eigenvalue weighted by Crippen LogP contribution is 2.32. The van der Waals surface area contributed by atoms with Crippen molar-refractivity contribution in [3.63, 3.8) is 0 Å². The fourth-order valence-corrected chi connectivity index (χ4v) is 1.80. The van der Waals surface area contributed by atoms with Crippen molar-refractivity contribution in [3.05, 3.63) is 53.2 Å². The van der Waals surface area contributed by atoms with Crippen LogP contribution in [-0.4, -0.2) is 0 Å². The minimum absolute atomic E-state index is 0.000414. The van der Waals surface area contributed by atoms with Crippen molar-refractivity contribution in [2.45, 2.75) is 26.1 Å². The molecule has 1 heterocycles. The molecule has 0 aliphatic heterocycles. The molecule has 1 N–H and O–H groups in total. The van der Waals surface area contributed by atoms with Gasteiger partial charge in [-0.3, -0.25) is 0 Å². The van der Waals surface area contributed by atoms with Crippen LogP contribution in [0, 0.1) is 12.7 Å². The summed E-state index contributed by atoms with van der Waals surface area (Å²) < 4.78 is 56.3. The number of aryl methyl sites for hydroxylation is 1. The maximum Gasteiger partial charge on any atom is 0.416 e. The third-order valence-corrected chi connectivity index (χ3v) is 2.86. The molecule has 2 rings (SSSR count). The lowest BCUT2D eigenvalue weighted by molar-refractivity contribution is -0.137. The topological polar surface area (TPSA) is 25.2 Å². The third kappa shape index (κ3) is 3.12. The van der Waals surface area contributed by atoms with Crippen LogP contribution < -0.4 is 5.32 Å². The largest absolute Gasteiger partial charge is 0.464 e. The molecule has 1 aromatic heterocycles. The summed E-state index contributed by atoms with van der Waals surface area (Å²) in [5.74, 6) is 0.346. The van der Waals surface area contributed by atoms with Gasteiger partial charge in [0.2, 0.25) is 0 Å². The molecule has 0 bridgehead atoms. The molecular formula is C14H13F4NO. The Labute approximate surface area is 113 Å². The first-order valence-corrected chi connectivity index (χ1v) is 5.97. The lowest BCUT2D eigenvalue weighted by Crippen LogP contribution is -2.09. The van der Waals surface area contributed by atoms with Crippen molar-refractivity contribution in [2.24, 2.45) is 0 Å². The van der Waals surface area contributed by atoms with E-state index < -0.39 is 17.6 Å². The van der Waals surface area contributed by atoms with Gasteiger partial charge in [-0.2, -0.15) is 13.2 Å². The van der Waals surface area contributed by atoms with E-state index in [1.54, 1.807) is 26.0 Å². The summed E-state index contributed by atoms with van der Waals surface area (Å²) in [6, 6.07) is 5.53. The number of furan rings is 1. The van der Waals surface area contributed by atoms with Gasteiger partial charge in [0.25, 0.3) is 0 Å². The molecule has 108 valence electrons. The molecule has 0 amide bonds. The highest BCUT2D eigenvalue weighted by molar-refractivity contribution is 5.48. The minimum atomic E-state index is -4.55. The SMILES string of the molecule is Cc1ccc(C(C)Nc2ccc(C(F)(F)F)cc2F)o1. The van der Waals surface area contributed by atoms with Crippen LogP contribution >= 0.6 is 0 Å². The van der Waals surface area contributed by atoms with Gasteiger partial charge < -0.3 is 9.73 Å². The quantitative estimate of drug-likeness (QED) is 0.811. The molecule has 20 heavy (non-hydrogen) atoms. The summed E-state index contributed by atoms with van der Waals surface area (Å²) >= 11 is 0. The molecule has 0 saturated heterocycles. The standard InChI is InChI=1S/C14H13F4NO/c1-8-3-6-13(20-8)9(2)19-12-5-4-10(7-11(12)15)14(16,17)18/h3-7,9,19H,1-2H3. The van der Waals surface area contributed by atoms with Gasteiger partial charge in [-0.25, -0.2) is 4.39 Å². The number of nitrogens with one attached hydrogen (secondary N) is 1. The van der Waals surface area contributed by atoms with Gasteiger partial charge in [0.15, 0.2) is 0 Å². The molecule has 1 aromatic carbocycles. The zero-order chi connectivity index (χ0) is 14.9. The van der Waals surface area contributed by atoms with Crippen molar-refractivity contribution in [1.82, 2.24) is 0 Å². The number of rotatable bonds is 3. The van der Waals surface area contributed by atoms with Crippen LogP contribution in [0.3, 0.4) is 0 Å². The van der Waals surface area contributed by atoms with Crippen LogP contribution in [-0.2, 0) is 6.18 Å². The van der Waals surface area contributed by atoms with Gasteiger partial charge >= 0.3 is 6.18 Å². The zero-order valence-electron chi connectivity index (χ0n) is 10.9. The Balaban J connectivity index is 2.18. The summed E-state index contributed by atoms with van der Waals surface area (Å²) in [7, 11) is 0. The minimum Gasteiger partial charge on any atom is -0.464 e. The second-order valence-electron chi connectivity index (χ2n) is 4.51. The van der Waals surface area contributed by atoms with Crippen molar-refractivity contribution >= 4 is 5.69 Å². The first-order chi connectivity index (χ1) is 9.27. The van der Waals surface area contributed by atoms with Crippen LogP contribution in [0.25, 0.3) is 0 Å². The zero-order valence-corrected chi connectivity index (χ0v) is 10.9. The van der Waals surface area contributed by atoms with Crippen LogP contribution in [0.1, 0.15) is 30.0 Å². The molecule has 0 radical (unpaired) electrons. The summed E-state index contributed by atoms with van der Waals surface area (Å²) in [5.41, 5.74) is -1.01. The second kappa shape index (κ2) is 5.19. The van der Waals surface area contributed by atoms with Crippen molar-refractivity contribution in [3.8, 4) is 0 Å². The number of halogens is 4. The number of anilines is 1. The van der Waals surface area contributed by atoms with E-state index in [-0.39, 0.29) is 11.7 Å². The molecule has 2 nitrogen and oxygen atoms in total. The van der Waals surface area contributed by atoms with Gasteiger partial charge in [0, 0.05) is 0 Å². The van der Waals surface area contributed by atoms with E-state index in [9.17, 15) is 17.6 Å². The van der Waals surface area contributed by atoms with Crippen molar-refractivity contribution in [2.75, 3.05) is 5.32 Å². The molecule has 1 unspecified atom stereocenters. The van der Waals surface area contributed by atoms with Crippen molar-refractivity contribution < 1.29 is 22.0 Å². The first kappa shape index (κ1) is 14.4. The van der Waals surface area contributed by atoms with E-state index in [0.29, 0.717) is 17.6 Å². The van der Waals surface area contributed by atoms with E-state index in [1.807, 2.05) is 0 Å². The Morgan fingerprint density at radius 3 is 2.35 bits per heavy atom. The Morgan fingerprint density at radius 2 is 1.85 bits per heavy atom. The van der Waals surface area contributed by atoms with Gasteiger partial charge in [0.05, 0.1) is 17.3 Å². The molecular weight excluding hydrogens is 274 g/mol. The summed E-state index contributed by atoms with van der Waals surface area (Å²) in [6.45, 7) is 3.50. The van der Waals surface area contributed by atoms with E-state index in [2.05, 4.69) is 5.32 Å². The Hall–Kier alpha value is -1.98. The second-order valence-corrected chi connectivity index (χ2v) is 4.51. The van der Waals surface area contributed by atoms with Gasteiger partial charge in [-0.15, -0.1) is 0 Å². The smallest absolute Gasteiger partial charge is 0.416 e. The molecule has 0 aliphatic carbocycles. The van der Waals surface area contributed by atoms with Gasteiger partial charge in [0.1, 0.15) is 17.3 Å². The predicted molar refractivity (Wildman–Crippen MR) is 66.9 cm³/mol. The third-order valence-electron chi connectivity index (χ3n) is 2.86. The molecule has 6 heteroatoms. The first-order valence-electron chi connectivity index (χ1n) is 5.97. The normalized spacial score (nSPS) is 13.3. The molecule has 1 atom stereocenters. The summed E-state index contributed by atoms with van der Waals surface area (Å²) in [4.78, 5) is 0. The highest BCUT2D eigenvalue weighted by atomic mass is 19.4. The fourth-order valence-electron chi connectivity index (χ4n) is 1.80. The van der Waals surface area contributed by atoms with E-state index >= 15 is 0 Å². The molecule has 0 spiro atoms. The van der Waals surface area contributed by atoms with Crippen LogP contribution in [0.5, 0.6) is 0 Å². The van der Waals surface area contributed by atoms with Gasteiger partial charge in [-0.1, -0.05) is 0 Å². The summed E-state index contributed by atoms with van der Waals surface area (Å²) in [6.07, 6.45) is -4.55. The number of hydrogen-bond donors (Lipinski definition) is 1. The fraction of sp³-hybridized carbons (Fsp3) is 0.286. The molecule has 0 saturated carbocycles. The number of alkyl halides is 3. The van der Waals surface area contributed by atoms with Crippen molar-refractivity contribution in [1.29, 1.82) is 0 Å². The van der Waals surface area contributed by atoms with Crippen LogP contribution in [0.2, 0.25) is 0 Å². The maximum atomic E-state index is 13.7. The number of hydrogen-bond acceptors (Lipinski definition) is 2. The van der Waals surface area contributed by atoms with Gasteiger partial charge in [-0.05, 0) is 44.2 Å².